The van der Waals surface area contributed by atoms with Crippen LogP contribution in [0.5, 0.6) is 0 Å². The van der Waals surface area contributed by atoms with Crippen LogP contribution in [0, 0.1) is 0 Å². The summed E-state index contributed by atoms with van der Waals surface area (Å²) in [5.41, 5.74) is 13.5. The molecule has 10 aromatic rings. The van der Waals surface area contributed by atoms with Crippen LogP contribution < -0.4 is 4.90 Å². The minimum Gasteiger partial charge on any atom is -0.455 e. The molecule has 2 nitrogen and oxygen atoms in total. The van der Waals surface area contributed by atoms with Crippen LogP contribution in [0.25, 0.3) is 64.4 Å². The van der Waals surface area contributed by atoms with Crippen molar-refractivity contribution in [3.8, 4) is 22.3 Å². The van der Waals surface area contributed by atoms with E-state index >= 15 is 0 Å². The lowest BCUT2D eigenvalue weighted by Crippen LogP contribution is -2.22. The maximum atomic E-state index is 7.05. The predicted molar refractivity (Wildman–Crippen MR) is 224 cm³/mol. The monoisotopic (exact) mass is 695 g/mol. The Morgan fingerprint density at radius 2 is 0.962 bits per heavy atom. The van der Waals surface area contributed by atoms with Crippen molar-refractivity contribution in [1.82, 2.24) is 0 Å². The number of thiophene rings is 1. The van der Waals surface area contributed by atoms with E-state index in [1.54, 1.807) is 0 Å². The molecule has 1 aliphatic carbocycles. The fourth-order valence-corrected chi connectivity index (χ4v) is 9.99. The SMILES string of the molecule is CC1(c2cccc3c2oc2c(-c4ccc(N(c5ccccc5)c5ccc6c(c5)sc5ccccc56)cc4)cccc23)c2ccccc2-c2ccccc21. The summed E-state index contributed by atoms with van der Waals surface area (Å²) in [6, 6.07) is 66.0. The molecule has 0 atom stereocenters. The number of nitrogens with zero attached hydrogens (tertiary/aromatic N) is 1. The molecule has 1 aliphatic rings. The Kier molecular flexibility index (Phi) is 6.58. The van der Waals surface area contributed by atoms with Gasteiger partial charge in [-0.3, -0.25) is 0 Å². The topological polar surface area (TPSA) is 16.4 Å². The molecule has 3 heteroatoms. The van der Waals surface area contributed by atoms with Crippen LogP contribution in [0.3, 0.4) is 0 Å². The molecule has 8 aromatic carbocycles. The highest BCUT2D eigenvalue weighted by Gasteiger charge is 2.42. The highest BCUT2D eigenvalue weighted by Crippen LogP contribution is 2.54. The molecule has 11 rings (SSSR count). The summed E-state index contributed by atoms with van der Waals surface area (Å²) in [5, 5.41) is 4.89. The van der Waals surface area contributed by atoms with Gasteiger partial charge in [0.05, 0.1) is 0 Å². The highest BCUT2D eigenvalue weighted by molar-refractivity contribution is 7.25. The summed E-state index contributed by atoms with van der Waals surface area (Å²) >= 11 is 1.85. The average Bonchev–Trinajstić information content (AvgIpc) is 3.87. The molecule has 250 valence electrons. The summed E-state index contributed by atoms with van der Waals surface area (Å²) in [6.07, 6.45) is 0. The molecule has 0 radical (unpaired) electrons. The Morgan fingerprint density at radius 1 is 0.415 bits per heavy atom. The van der Waals surface area contributed by atoms with E-state index < -0.39 is 0 Å². The Hall–Kier alpha value is -6.42. The van der Waals surface area contributed by atoms with E-state index in [0.29, 0.717) is 0 Å². The third kappa shape index (κ3) is 4.44. The second-order valence-corrected chi connectivity index (χ2v) is 15.3. The van der Waals surface area contributed by atoms with Gasteiger partial charge in [0.1, 0.15) is 11.2 Å². The van der Waals surface area contributed by atoms with E-state index in [-0.39, 0.29) is 5.41 Å². The quantitative estimate of drug-likeness (QED) is 0.178. The highest BCUT2D eigenvalue weighted by atomic mass is 32.1. The molecule has 0 N–H and O–H groups in total. The number of rotatable bonds is 5. The van der Waals surface area contributed by atoms with Crippen molar-refractivity contribution in [3.63, 3.8) is 0 Å². The van der Waals surface area contributed by atoms with E-state index in [1.807, 2.05) is 11.3 Å². The van der Waals surface area contributed by atoms with Gasteiger partial charge in [0.2, 0.25) is 0 Å². The second-order valence-electron chi connectivity index (χ2n) is 14.2. The molecule has 2 aromatic heterocycles. The second kappa shape index (κ2) is 11.5. The third-order valence-corrected chi connectivity index (χ3v) is 12.5. The largest absolute Gasteiger partial charge is 0.455 e. The van der Waals surface area contributed by atoms with Gasteiger partial charge in [0.25, 0.3) is 0 Å². The molecule has 0 bridgehead atoms. The van der Waals surface area contributed by atoms with E-state index in [9.17, 15) is 0 Å². The molecular weight excluding hydrogens is 663 g/mol. The summed E-state index contributed by atoms with van der Waals surface area (Å²) in [4.78, 5) is 2.35. The van der Waals surface area contributed by atoms with Crippen molar-refractivity contribution in [3.05, 3.63) is 199 Å². The van der Waals surface area contributed by atoms with Crippen molar-refractivity contribution in [2.24, 2.45) is 0 Å². The zero-order valence-corrected chi connectivity index (χ0v) is 29.9. The Morgan fingerprint density at radius 3 is 1.74 bits per heavy atom. The molecule has 0 unspecified atom stereocenters. The fraction of sp³-hybridized carbons (Fsp3) is 0.0400. The van der Waals surface area contributed by atoms with E-state index in [1.165, 1.54) is 48.0 Å². The molecule has 53 heavy (non-hydrogen) atoms. The van der Waals surface area contributed by atoms with Gasteiger partial charge < -0.3 is 9.32 Å². The molecule has 0 spiro atoms. The van der Waals surface area contributed by atoms with Gasteiger partial charge in [0.15, 0.2) is 0 Å². The van der Waals surface area contributed by atoms with E-state index in [0.717, 1.165) is 50.1 Å². The van der Waals surface area contributed by atoms with Crippen LogP contribution in [-0.2, 0) is 5.41 Å². The first-order valence-electron chi connectivity index (χ1n) is 18.2. The van der Waals surface area contributed by atoms with E-state index in [4.69, 9.17) is 4.42 Å². The van der Waals surface area contributed by atoms with Crippen LogP contribution in [0.4, 0.5) is 17.1 Å². The number of fused-ring (bicyclic) bond motifs is 9. The van der Waals surface area contributed by atoms with Gasteiger partial charge in [-0.15, -0.1) is 11.3 Å². The third-order valence-electron chi connectivity index (χ3n) is 11.4. The van der Waals surface area contributed by atoms with Gasteiger partial charge >= 0.3 is 0 Å². The summed E-state index contributed by atoms with van der Waals surface area (Å²) in [6.45, 7) is 2.36. The number of anilines is 3. The maximum absolute atomic E-state index is 7.05. The van der Waals surface area contributed by atoms with Gasteiger partial charge in [-0.05, 0) is 77.2 Å². The number of furan rings is 1. The van der Waals surface area contributed by atoms with Crippen molar-refractivity contribution in [2.45, 2.75) is 12.3 Å². The zero-order chi connectivity index (χ0) is 35.1. The average molecular weight is 696 g/mol. The first kappa shape index (κ1) is 30.2. The van der Waals surface area contributed by atoms with Gasteiger partial charge in [0, 0.05) is 64.5 Å². The van der Waals surface area contributed by atoms with Gasteiger partial charge in [-0.2, -0.15) is 0 Å². The fourth-order valence-electron chi connectivity index (χ4n) is 8.85. The van der Waals surface area contributed by atoms with Gasteiger partial charge in [-0.1, -0.05) is 140 Å². The molecule has 0 amide bonds. The van der Waals surface area contributed by atoms with Crippen molar-refractivity contribution < 1.29 is 4.42 Å². The smallest absolute Gasteiger partial charge is 0.143 e. The number of benzene rings is 8. The minimum atomic E-state index is -0.345. The number of para-hydroxylation sites is 3. The summed E-state index contributed by atoms with van der Waals surface area (Å²) in [5.74, 6) is 0. The lowest BCUT2D eigenvalue weighted by molar-refractivity contribution is 0.638. The van der Waals surface area contributed by atoms with Crippen LogP contribution in [0.2, 0.25) is 0 Å². The maximum Gasteiger partial charge on any atom is 0.143 e. The Balaban J connectivity index is 1.03. The molecule has 0 saturated heterocycles. The molecule has 0 fully saturated rings. The standard InChI is InChI=1S/C50H33NOS/c1-50(43-21-8-5-15-37(43)38-16-6-9-22-44(38)50)45-23-12-20-42-41-19-11-18-36(48(41)52-49(42)45)32-25-27-34(28-26-32)51(33-13-3-2-4-14-33)35-29-30-40-39-17-7-10-24-46(39)53-47(40)31-35/h2-31H,1H3. The number of hydrogen-bond acceptors (Lipinski definition) is 3. The lowest BCUT2D eigenvalue weighted by atomic mass is 9.74. The molecular formula is C50H33NOS. The first-order valence-corrected chi connectivity index (χ1v) is 19.0. The number of hydrogen-bond donors (Lipinski definition) is 0. The lowest BCUT2D eigenvalue weighted by Gasteiger charge is -2.28. The van der Waals surface area contributed by atoms with Crippen molar-refractivity contribution >= 4 is 70.5 Å². The van der Waals surface area contributed by atoms with Crippen molar-refractivity contribution in [2.75, 3.05) is 4.90 Å². The van der Waals surface area contributed by atoms with Crippen LogP contribution in [0.15, 0.2) is 186 Å². The van der Waals surface area contributed by atoms with Crippen LogP contribution in [0.1, 0.15) is 23.6 Å². The Labute approximate surface area is 311 Å². The summed E-state index contributed by atoms with van der Waals surface area (Å²) in [7, 11) is 0. The molecule has 0 saturated carbocycles. The van der Waals surface area contributed by atoms with E-state index in [2.05, 4.69) is 194 Å². The first-order chi connectivity index (χ1) is 26.2. The van der Waals surface area contributed by atoms with Crippen LogP contribution >= 0.6 is 11.3 Å². The molecule has 2 heterocycles. The predicted octanol–water partition coefficient (Wildman–Crippen LogP) is 14.4. The molecule has 0 aliphatic heterocycles. The zero-order valence-electron chi connectivity index (χ0n) is 29.1. The minimum absolute atomic E-state index is 0.345. The Bertz CT molecular complexity index is 2980. The van der Waals surface area contributed by atoms with Crippen LogP contribution in [-0.4, -0.2) is 0 Å². The normalized spacial score (nSPS) is 13.2. The van der Waals surface area contributed by atoms with Gasteiger partial charge in [-0.25, -0.2) is 0 Å². The van der Waals surface area contributed by atoms with Crippen molar-refractivity contribution in [1.29, 1.82) is 0 Å². The summed E-state index contributed by atoms with van der Waals surface area (Å²) < 4.78 is 9.65.